The van der Waals surface area contributed by atoms with Gasteiger partial charge in [0, 0.05) is 24.2 Å². The Hall–Kier alpha value is -3.20. The highest BCUT2D eigenvalue weighted by atomic mass is 79.9. The van der Waals surface area contributed by atoms with Gasteiger partial charge in [0.2, 0.25) is 0 Å². The van der Waals surface area contributed by atoms with Gasteiger partial charge in [-0.05, 0) is 96.7 Å². The van der Waals surface area contributed by atoms with Crippen molar-refractivity contribution < 1.29 is 9.90 Å². The van der Waals surface area contributed by atoms with Gasteiger partial charge in [0.1, 0.15) is 11.5 Å². The topological polar surface area (TPSA) is 105 Å². The van der Waals surface area contributed by atoms with Crippen molar-refractivity contribution in [3.8, 4) is 5.69 Å². The van der Waals surface area contributed by atoms with Crippen molar-refractivity contribution in [1.29, 1.82) is 0 Å². The van der Waals surface area contributed by atoms with Crippen molar-refractivity contribution in [2.75, 3.05) is 11.9 Å². The molecule has 2 unspecified atom stereocenters. The Bertz CT molecular complexity index is 1360. The van der Waals surface area contributed by atoms with Crippen LogP contribution >= 0.6 is 15.9 Å². The zero-order valence-electron chi connectivity index (χ0n) is 20.8. The Morgan fingerprint density at radius 1 is 1.22 bits per heavy atom. The van der Waals surface area contributed by atoms with Gasteiger partial charge >= 0.3 is 0 Å². The number of aliphatic hydroxyl groups excluding tert-OH is 1. The number of allylic oxidation sites excluding steroid dienone is 2. The van der Waals surface area contributed by atoms with Gasteiger partial charge in [-0.15, -0.1) is 0 Å². The summed E-state index contributed by atoms with van der Waals surface area (Å²) < 4.78 is 2.63. The van der Waals surface area contributed by atoms with Crippen LogP contribution in [0, 0.1) is 18.8 Å². The van der Waals surface area contributed by atoms with Crippen molar-refractivity contribution in [2.45, 2.75) is 38.8 Å². The Balaban J connectivity index is 1.39. The van der Waals surface area contributed by atoms with Crippen LogP contribution in [0.2, 0.25) is 0 Å². The molecule has 5 rings (SSSR count). The van der Waals surface area contributed by atoms with Crippen LogP contribution in [-0.4, -0.2) is 27.3 Å². The monoisotopic (exact) mass is 561 g/mol. The van der Waals surface area contributed by atoms with E-state index in [0.717, 1.165) is 40.0 Å². The van der Waals surface area contributed by atoms with Crippen molar-refractivity contribution in [2.24, 2.45) is 17.6 Å². The number of nitrogens with zero attached hydrogens (tertiary/aromatic N) is 2. The average molecular weight is 563 g/mol. The van der Waals surface area contributed by atoms with Gasteiger partial charge in [-0.2, -0.15) is 5.10 Å². The molecule has 2 aliphatic carbocycles. The lowest BCUT2D eigenvalue weighted by molar-refractivity contribution is 0.101. The van der Waals surface area contributed by atoms with Crippen molar-refractivity contribution >= 4 is 27.5 Å². The van der Waals surface area contributed by atoms with Crippen LogP contribution < -0.4 is 16.4 Å². The lowest BCUT2D eigenvalue weighted by atomic mass is 9.87. The highest BCUT2D eigenvalue weighted by Gasteiger charge is 2.28. The van der Waals surface area contributed by atoms with Crippen LogP contribution in [0.5, 0.6) is 0 Å². The van der Waals surface area contributed by atoms with Crippen LogP contribution in [0.4, 0.5) is 5.69 Å². The van der Waals surface area contributed by atoms with E-state index in [9.17, 15) is 9.90 Å². The summed E-state index contributed by atoms with van der Waals surface area (Å²) in [5, 5.41) is 21.6. The van der Waals surface area contributed by atoms with Crippen molar-refractivity contribution in [1.82, 2.24) is 15.1 Å². The molecule has 8 heteroatoms. The van der Waals surface area contributed by atoms with Crippen LogP contribution in [0.15, 0.2) is 77.0 Å². The van der Waals surface area contributed by atoms with Gasteiger partial charge in [0.25, 0.3) is 5.91 Å². The minimum atomic E-state index is -0.237. The van der Waals surface area contributed by atoms with Gasteiger partial charge in [-0.3, -0.25) is 4.79 Å². The summed E-state index contributed by atoms with van der Waals surface area (Å²) in [5.41, 5.74) is 10.6. The first kappa shape index (κ1) is 25.4. The zero-order valence-corrected chi connectivity index (χ0v) is 22.4. The zero-order chi connectivity index (χ0) is 25.9. The number of anilines is 1. The fourth-order valence-corrected chi connectivity index (χ4v) is 5.40. The van der Waals surface area contributed by atoms with E-state index in [4.69, 9.17) is 5.73 Å². The Morgan fingerprint density at radius 2 is 2.03 bits per heavy atom. The highest BCUT2D eigenvalue weighted by molar-refractivity contribution is 9.11. The summed E-state index contributed by atoms with van der Waals surface area (Å²) in [5.74, 6) is 0.835. The molecule has 2 aliphatic rings. The highest BCUT2D eigenvalue weighted by Crippen LogP contribution is 2.37. The molecule has 1 saturated carbocycles. The number of aliphatic hydroxyl groups is 1. The van der Waals surface area contributed by atoms with E-state index < -0.39 is 0 Å². The van der Waals surface area contributed by atoms with Gasteiger partial charge in [0.15, 0.2) is 0 Å². The van der Waals surface area contributed by atoms with E-state index >= 15 is 0 Å². The van der Waals surface area contributed by atoms with Crippen molar-refractivity contribution in [3.63, 3.8) is 0 Å². The molecule has 0 saturated heterocycles. The lowest BCUT2D eigenvalue weighted by Crippen LogP contribution is -2.30. The number of rotatable bonds is 9. The molecule has 3 aromatic rings. The second-order valence-electron chi connectivity index (χ2n) is 9.92. The normalized spacial score (nSPS) is 18.2. The number of benzene rings is 2. The second kappa shape index (κ2) is 11.0. The van der Waals surface area contributed by atoms with E-state index in [-0.39, 0.29) is 23.6 Å². The Morgan fingerprint density at radius 3 is 2.78 bits per heavy atom. The first-order chi connectivity index (χ1) is 17.9. The maximum absolute atomic E-state index is 13.4. The van der Waals surface area contributed by atoms with Crippen LogP contribution in [0.3, 0.4) is 0 Å². The molecule has 5 N–H and O–H groups in total. The molecule has 0 aliphatic heterocycles. The number of hydrogen-bond donors (Lipinski definition) is 4. The summed E-state index contributed by atoms with van der Waals surface area (Å²) in [7, 11) is 0. The Kier molecular flexibility index (Phi) is 7.60. The summed E-state index contributed by atoms with van der Waals surface area (Å²) >= 11 is 3.57. The second-order valence-corrected chi connectivity index (χ2v) is 10.9. The third-order valence-corrected chi connectivity index (χ3v) is 7.38. The van der Waals surface area contributed by atoms with Crippen LogP contribution in [-0.2, 0) is 6.54 Å². The fraction of sp³-hybridized carbons (Fsp3) is 0.310. The van der Waals surface area contributed by atoms with Gasteiger partial charge in [-0.1, -0.05) is 40.2 Å². The minimum Gasteiger partial charge on any atom is -0.508 e. The standard InChI is InChI=1S/C29H32BrN5O2/c1-18-10-27(35(34-18)25-7-2-4-20(11-25)16-31)29(37)33-24-6-3-5-21(13-24)28(32-17-19-8-9-19)22-12-23(30)15-26(36)14-22/h2-7,10-11,13-15,19,22,28,32,36H,8-9,12,16-17,31H2,1H3,(H,33,37). The van der Waals surface area contributed by atoms with E-state index in [1.807, 2.05) is 55.5 Å². The molecule has 1 fully saturated rings. The molecule has 2 aromatic carbocycles. The molecule has 2 atom stereocenters. The summed E-state index contributed by atoms with van der Waals surface area (Å²) in [6, 6.07) is 17.5. The quantitative estimate of drug-likeness (QED) is 0.269. The molecule has 0 spiro atoms. The number of nitrogens with one attached hydrogen (secondary N) is 2. The molecule has 37 heavy (non-hydrogen) atoms. The molecule has 7 nitrogen and oxygen atoms in total. The number of carbonyl (C=O) groups excluding carboxylic acids is 1. The number of aromatic nitrogens is 2. The molecule has 1 heterocycles. The van der Waals surface area contributed by atoms with E-state index in [2.05, 4.69) is 37.7 Å². The van der Waals surface area contributed by atoms with Crippen LogP contribution in [0.1, 0.15) is 52.6 Å². The summed E-state index contributed by atoms with van der Waals surface area (Å²) in [6.45, 7) is 3.23. The number of amides is 1. The smallest absolute Gasteiger partial charge is 0.274 e. The maximum Gasteiger partial charge on any atom is 0.274 e. The third kappa shape index (κ3) is 6.21. The van der Waals surface area contributed by atoms with Gasteiger partial charge in [0.05, 0.1) is 11.4 Å². The number of aryl methyl sites for hydroxylation is 1. The van der Waals surface area contributed by atoms with E-state index in [1.54, 1.807) is 16.8 Å². The lowest BCUT2D eigenvalue weighted by Gasteiger charge is -2.29. The maximum atomic E-state index is 13.4. The molecular formula is C29H32BrN5O2. The molecule has 0 bridgehead atoms. The first-order valence-electron chi connectivity index (χ1n) is 12.7. The van der Waals surface area contributed by atoms with Gasteiger partial charge in [-0.25, -0.2) is 4.68 Å². The molecule has 192 valence electrons. The van der Waals surface area contributed by atoms with E-state index in [0.29, 0.717) is 23.8 Å². The fourth-order valence-electron chi connectivity index (χ4n) is 4.80. The van der Waals surface area contributed by atoms with Crippen LogP contribution in [0.25, 0.3) is 5.69 Å². The first-order valence-corrected chi connectivity index (χ1v) is 13.5. The SMILES string of the molecule is Cc1cc(C(=O)Nc2cccc(C(NCC3CC3)C3C=C(O)C=C(Br)C3)c2)n(-c2cccc(CN)c2)n1. The van der Waals surface area contributed by atoms with Gasteiger partial charge < -0.3 is 21.5 Å². The largest absolute Gasteiger partial charge is 0.508 e. The minimum absolute atomic E-state index is 0.00706. The van der Waals surface area contributed by atoms with Crippen molar-refractivity contribution in [3.05, 3.63) is 99.5 Å². The molecule has 0 radical (unpaired) electrons. The Labute approximate surface area is 225 Å². The average Bonchev–Trinajstić information content (AvgIpc) is 3.62. The number of halogens is 1. The third-order valence-electron chi connectivity index (χ3n) is 6.83. The summed E-state index contributed by atoms with van der Waals surface area (Å²) in [6.07, 6.45) is 6.97. The molecule has 1 aromatic heterocycles. The number of hydrogen-bond acceptors (Lipinski definition) is 5. The number of carbonyl (C=O) groups is 1. The predicted molar refractivity (Wildman–Crippen MR) is 150 cm³/mol. The molecular weight excluding hydrogens is 530 g/mol. The number of nitrogens with two attached hydrogens (primary N) is 1. The predicted octanol–water partition coefficient (Wildman–Crippen LogP) is 5.67. The molecule has 1 amide bonds. The summed E-state index contributed by atoms with van der Waals surface area (Å²) in [4.78, 5) is 13.4. The van der Waals surface area contributed by atoms with E-state index in [1.165, 1.54) is 12.8 Å².